The van der Waals surface area contributed by atoms with Crippen molar-refractivity contribution in [3.63, 3.8) is 0 Å². The van der Waals surface area contributed by atoms with Crippen LogP contribution in [-0.2, 0) is 6.42 Å². The molecule has 0 atom stereocenters. The molecule has 0 saturated carbocycles. The Kier molecular flexibility index (Phi) is 3.92. The third-order valence-electron chi connectivity index (χ3n) is 1.91. The number of alkyl halides is 5. The Balaban J connectivity index is 2.76. The first kappa shape index (κ1) is 13.7. The average Bonchev–Trinajstić information content (AvgIpc) is 2.19. The monoisotopic (exact) mass is 254 g/mol. The summed E-state index contributed by atoms with van der Waals surface area (Å²) in [6.45, 7) is 0.110. The Bertz CT molecular complexity index is 360. The molecule has 0 amide bonds. The number of nitrogens with one attached hydrogen (secondary N) is 1. The van der Waals surface area contributed by atoms with E-state index in [0.29, 0.717) is 12.0 Å². The zero-order valence-corrected chi connectivity index (χ0v) is 8.52. The van der Waals surface area contributed by atoms with Crippen LogP contribution in [0, 0.1) is 0 Å². The molecule has 0 saturated heterocycles. The Morgan fingerprint density at radius 2 is 1.53 bits per heavy atom. The Morgan fingerprint density at radius 3 is 1.94 bits per heavy atom. The van der Waals surface area contributed by atoms with Gasteiger partial charge in [0.2, 0.25) is 0 Å². The van der Waals surface area contributed by atoms with Gasteiger partial charge in [0, 0.05) is 6.54 Å². The maximum atomic E-state index is 12.5. The summed E-state index contributed by atoms with van der Waals surface area (Å²) in [5.41, 5.74) is 7.59. The third-order valence-corrected chi connectivity index (χ3v) is 1.91. The lowest BCUT2D eigenvalue weighted by molar-refractivity contribution is -0.360. The van der Waals surface area contributed by atoms with Crippen molar-refractivity contribution < 1.29 is 26.7 Å². The molecule has 1 radical (unpaired) electrons. The van der Waals surface area contributed by atoms with E-state index in [2.05, 4.69) is 4.74 Å². The van der Waals surface area contributed by atoms with Crippen LogP contribution in [-0.4, -0.2) is 18.8 Å². The first-order valence-electron chi connectivity index (χ1n) is 4.63. The second-order valence-corrected chi connectivity index (χ2v) is 3.26. The number of hydrogen-bond acceptors (Lipinski definition) is 1. The van der Waals surface area contributed by atoms with E-state index in [1.165, 1.54) is 12.1 Å². The summed E-state index contributed by atoms with van der Waals surface area (Å²) >= 11 is 0. The summed E-state index contributed by atoms with van der Waals surface area (Å²) in [4.78, 5) is 0. The van der Waals surface area contributed by atoms with Gasteiger partial charge in [0.05, 0.1) is 0 Å². The van der Waals surface area contributed by atoms with Gasteiger partial charge in [-0.3, -0.25) is 5.73 Å². The normalized spacial score (nSPS) is 12.6. The van der Waals surface area contributed by atoms with E-state index in [4.69, 9.17) is 5.73 Å². The smallest absolute Gasteiger partial charge is 0.426 e. The van der Waals surface area contributed by atoms with Gasteiger partial charge in [-0.2, -0.15) is 22.0 Å². The SMILES string of the molecule is [NH]CCc1ccc(OC(F)(F)C(F)(F)F)cc1. The molecule has 0 aromatic heterocycles. The minimum absolute atomic E-state index is 0.110. The highest BCUT2D eigenvalue weighted by molar-refractivity contribution is 5.27. The molecule has 0 unspecified atom stereocenters. The second kappa shape index (κ2) is 4.87. The van der Waals surface area contributed by atoms with Gasteiger partial charge in [-0.05, 0) is 24.1 Å². The quantitative estimate of drug-likeness (QED) is 0.760. The molecule has 1 N–H and O–H groups in total. The zero-order chi connectivity index (χ0) is 13.1. The van der Waals surface area contributed by atoms with Gasteiger partial charge in [-0.15, -0.1) is 0 Å². The van der Waals surface area contributed by atoms with E-state index in [-0.39, 0.29) is 6.54 Å². The van der Waals surface area contributed by atoms with Gasteiger partial charge in [0.25, 0.3) is 0 Å². The molecule has 1 aromatic carbocycles. The summed E-state index contributed by atoms with van der Waals surface area (Å²) in [6.07, 6.45) is -10.5. The van der Waals surface area contributed by atoms with Crippen LogP contribution in [0.5, 0.6) is 5.75 Å². The van der Waals surface area contributed by atoms with Crippen LogP contribution in [0.1, 0.15) is 5.56 Å². The van der Waals surface area contributed by atoms with Gasteiger partial charge >= 0.3 is 12.3 Å². The van der Waals surface area contributed by atoms with Crippen molar-refractivity contribution in [1.82, 2.24) is 5.73 Å². The molecule has 17 heavy (non-hydrogen) atoms. The van der Waals surface area contributed by atoms with Crippen molar-refractivity contribution >= 4 is 0 Å². The lowest BCUT2D eigenvalue weighted by Gasteiger charge is -2.20. The van der Waals surface area contributed by atoms with Crippen LogP contribution in [0.2, 0.25) is 0 Å². The molecule has 0 aliphatic heterocycles. The largest absolute Gasteiger partial charge is 0.499 e. The molecule has 0 aliphatic carbocycles. The highest BCUT2D eigenvalue weighted by atomic mass is 19.4. The van der Waals surface area contributed by atoms with Crippen molar-refractivity contribution in [2.24, 2.45) is 0 Å². The summed E-state index contributed by atoms with van der Waals surface area (Å²) < 4.78 is 64.0. The number of benzene rings is 1. The molecule has 2 nitrogen and oxygen atoms in total. The molecule has 7 heteroatoms. The predicted octanol–water partition coefficient (Wildman–Crippen LogP) is 3.05. The predicted molar refractivity (Wildman–Crippen MR) is 49.7 cm³/mol. The van der Waals surface area contributed by atoms with Gasteiger partial charge in [-0.25, -0.2) is 0 Å². The molecule has 1 aromatic rings. The fraction of sp³-hybridized carbons (Fsp3) is 0.400. The van der Waals surface area contributed by atoms with Crippen molar-refractivity contribution in [2.75, 3.05) is 6.54 Å². The minimum Gasteiger partial charge on any atom is -0.426 e. The Morgan fingerprint density at radius 1 is 1.00 bits per heavy atom. The summed E-state index contributed by atoms with van der Waals surface area (Å²) in [5, 5.41) is 0. The fourth-order valence-electron chi connectivity index (χ4n) is 1.07. The molecular weight excluding hydrogens is 245 g/mol. The van der Waals surface area contributed by atoms with Crippen LogP contribution in [0.3, 0.4) is 0 Å². The highest BCUT2D eigenvalue weighted by Crippen LogP contribution is 2.37. The fourth-order valence-corrected chi connectivity index (χ4v) is 1.07. The lowest BCUT2D eigenvalue weighted by atomic mass is 10.1. The van der Waals surface area contributed by atoms with E-state index in [9.17, 15) is 22.0 Å². The molecule has 0 fully saturated rings. The molecule has 1 rings (SSSR count). The molecular formula is C10H9F5NO. The van der Waals surface area contributed by atoms with E-state index in [1.807, 2.05) is 0 Å². The van der Waals surface area contributed by atoms with Gasteiger partial charge < -0.3 is 4.74 Å². The van der Waals surface area contributed by atoms with Crippen molar-refractivity contribution in [2.45, 2.75) is 18.7 Å². The molecule has 0 bridgehead atoms. The van der Waals surface area contributed by atoms with E-state index < -0.39 is 18.0 Å². The second-order valence-electron chi connectivity index (χ2n) is 3.26. The summed E-state index contributed by atoms with van der Waals surface area (Å²) in [7, 11) is 0. The van der Waals surface area contributed by atoms with Crippen molar-refractivity contribution in [1.29, 1.82) is 0 Å². The topological polar surface area (TPSA) is 33.0 Å². The number of hydrogen-bond donors (Lipinski definition) is 0. The van der Waals surface area contributed by atoms with Crippen molar-refractivity contribution in [3.05, 3.63) is 29.8 Å². The average molecular weight is 254 g/mol. The first-order chi connectivity index (χ1) is 7.76. The maximum absolute atomic E-state index is 12.5. The summed E-state index contributed by atoms with van der Waals surface area (Å²) in [5.74, 6) is -0.568. The first-order valence-corrected chi connectivity index (χ1v) is 4.63. The third kappa shape index (κ3) is 3.55. The maximum Gasteiger partial charge on any atom is 0.499 e. The molecule has 0 spiro atoms. The minimum atomic E-state index is -5.74. The van der Waals surface area contributed by atoms with Gasteiger partial charge in [0.1, 0.15) is 5.75 Å². The highest BCUT2D eigenvalue weighted by Gasteiger charge is 2.61. The van der Waals surface area contributed by atoms with Crippen LogP contribution in [0.15, 0.2) is 24.3 Å². The van der Waals surface area contributed by atoms with Gasteiger partial charge in [-0.1, -0.05) is 12.1 Å². The van der Waals surface area contributed by atoms with Crippen molar-refractivity contribution in [3.8, 4) is 5.75 Å². The molecule has 95 valence electrons. The zero-order valence-electron chi connectivity index (χ0n) is 8.52. The Labute approximate surface area is 94.2 Å². The molecule has 0 heterocycles. The number of halogens is 5. The lowest BCUT2D eigenvalue weighted by Crippen LogP contribution is -2.41. The van der Waals surface area contributed by atoms with E-state index in [0.717, 1.165) is 12.1 Å². The van der Waals surface area contributed by atoms with E-state index >= 15 is 0 Å². The van der Waals surface area contributed by atoms with Gasteiger partial charge in [0.15, 0.2) is 0 Å². The summed E-state index contributed by atoms with van der Waals surface area (Å²) in [6, 6.07) is 4.72. The number of rotatable bonds is 4. The van der Waals surface area contributed by atoms with E-state index in [1.54, 1.807) is 0 Å². The van der Waals surface area contributed by atoms with Crippen LogP contribution in [0.25, 0.3) is 0 Å². The van der Waals surface area contributed by atoms with Crippen LogP contribution in [0.4, 0.5) is 22.0 Å². The number of ether oxygens (including phenoxy) is 1. The van der Waals surface area contributed by atoms with Crippen LogP contribution >= 0.6 is 0 Å². The Hall–Kier alpha value is -1.37. The molecule has 0 aliphatic rings. The standard InChI is InChI=1S/C10H9F5NO/c11-9(12,13)10(14,15)17-8-3-1-7(2-4-8)5-6-16/h1-4,16H,5-6H2. The van der Waals surface area contributed by atoms with Crippen LogP contribution < -0.4 is 10.5 Å².